The standard InChI is InChI=1S/C17H28N4O2/c1-2-5-15-10-18-14-19-16(15)21-8-9-23-13-17(22,12-21)11-20-6-3-4-7-20/h10,14,22H,2-9,11-13H2,1H3/t17-/m1/s1. The topological polar surface area (TPSA) is 61.7 Å². The second-order valence-corrected chi connectivity index (χ2v) is 6.80. The van der Waals surface area contributed by atoms with Crippen LogP contribution in [-0.4, -0.2) is 71.5 Å². The van der Waals surface area contributed by atoms with Crippen LogP contribution in [0.1, 0.15) is 31.7 Å². The van der Waals surface area contributed by atoms with E-state index >= 15 is 0 Å². The summed E-state index contributed by atoms with van der Waals surface area (Å²) in [5, 5.41) is 11.1. The zero-order valence-electron chi connectivity index (χ0n) is 14.1. The van der Waals surface area contributed by atoms with Crippen LogP contribution in [0, 0.1) is 0 Å². The average molecular weight is 320 g/mol. The van der Waals surface area contributed by atoms with Crippen LogP contribution in [0.4, 0.5) is 5.82 Å². The van der Waals surface area contributed by atoms with E-state index in [4.69, 9.17) is 4.74 Å². The molecule has 1 aromatic heterocycles. The Labute approximate surface area is 138 Å². The molecule has 2 saturated heterocycles. The minimum absolute atomic E-state index is 0.397. The van der Waals surface area contributed by atoms with Crippen LogP contribution in [0.15, 0.2) is 12.5 Å². The van der Waals surface area contributed by atoms with Gasteiger partial charge in [-0.3, -0.25) is 0 Å². The van der Waals surface area contributed by atoms with Crippen molar-refractivity contribution in [1.82, 2.24) is 14.9 Å². The zero-order valence-corrected chi connectivity index (χ0v) is 14.1. The molecule has 0 amide bonds. The molecule has 23 heavy (non-hydrogen) atoms. The number of β-amino-alcohol motifs (C(OH)–C–C–N with tert-alkyl or cyclic N) is 1. The van der Waals surface area contributed by atoms with Gasteiger partial charge in [-0.2, -0.15) is 0 Å². The molecule has 2 aliphatic rings. The normalized spacial score (nSPS) is 26.4. The quantitative estimate of drug-likeness (QED) is 0.876. The number of aliphatic hydroxyl groups is 1. The van der Waals surface area contributed by atoms with E-state index in [1.807, 2.05) is 6.20 Å². The number of aromatic nitrogens is 2. The van der Waals surface area contributed by atoms with Gasteiger partial charge in [0.1, 0.15) is 17.7 Å². The molecule has 6 heteroatoms. The first-order valence-electron chi connectivity index (χ1n) is 8.76. The van der Waals surface area contributed by atoms with Gasteiger partial charge in [-0.25, -0.2) is 9.97 Å². The zero-order chi connectivity index (χ0) is 16.1. The smallest absolute Gasteiger partial charge is 0.135 e. The molecular weight excluding hydrogens is 292 g/mol. The van der Waals surface area contributed by atoms with Gasteiger partial charge in [-0.05, 0) is 32.4 Å². The molecule has 2 fully saturated rings. The van der Waals surface area contributed by atoms with E-state index in [1.165, 1.54) is 12.8 Å². The fourth-order valence-corrected chi connectivity index (χ4v) is 3.63. The highest BCUT2D eigenvalue weighted by Crippen LogP contribution is 2.24. The van der Waals surface area contributed by atoms with E-state index in [2.05, 4.69) is 26.7 Å². The van der Waals surface area contributed by atoms with Crippen molar-refractivity contribution in [2.45, 2.75) is 38.2 Å². The highest BCUT2D eigenvalue weighted by Gasteiger charge is 2.36. The molecule has 128 valence electrons. The summed E-state index contributed by atoms with van der Waals surface area (Å²) in [5.74, 6) is 0.951. The highest BCUT2D eigenvalue weighted by atomic mass is 16.5. The maximum atomic E-state index is 11.1. The predicted molar refractivity (Wildman–Crippen MR) is 89.7 cm³/mol. The Morgan fingerprint density at radius 2 is 2.13 bits per heavy atom. The van der Waals surface area contributed by atoms with Gasteiger partial charge in [0, 0.05) is 24.8 Å². The minimum Gasteiger partial charge on any atom is -0.384 e. The van der Waals surface area contributed by atoms with Crippen LogP contribution < -0.4 is 4.90 Å². The number of ether oxygens (including phenoxy) is 1. The van der Waals surface area contributed by atoms with Crippen molar-refractivity contribution >= 4 is 5.82 Å². The lowest BCUT2D eigenvalue weighted by atomic mass is 10.0. The van der Waals surface area contributed by atoms with Crippen LogP contribution in [0.25, 0.3) is 0 Å². The van der Waals surface area contributed by atoms with Crippen molar-refractivity contribution in [3.8, 4) is 0 Å². The van der Waals surface area contributed by atoms with Crippen LogP contribution in [-0.2, 0) is 11.2 Å². The average Bonchev–Trinajstić information content (AvgIpc) is 2.96. The van der Waals surface area contributed by atoms with Gasteiger partial charge in [-0.1, -0.05) is 13.3 Å². The summed E-state index contributed by atoms with van der Waals surface area (Å²) in [7, 11) is 0. The van der Waals surface area contributed by atoms with Gasteiger partial charge in [-0.15, -0.1) is 0 Å². The lowest BCUT2D eigenvalue weighted by Crippen LogP contribution is -2.52. The van der Waals surface area contributed by atoms with Crippen molar-refractivity contribution in [2.24, 2.45) is 0 Å². The Hall–Kier alpha value is -1.24. The van der Waals surface area contributed by atoms with Crippen molar-refractivity contribution < 1.29 is 9.84 Å². The van der Waals surface area contributed by atoms with Crippen LogP contribution >= 0.6 is 0 Å². The van der Waals surface area contributed by atoms with Gasteiger partial charge in [0.15, 0.2) is 0 Å². The molecule has 1 N–H and O–H groups in total. The predicted octanol–water partition coefficient (Wildman–Crippen LogP) is 1.09. The van der Waals surface area contributed by atoms with E-state index in [0.29, 0.717) is 26.3 Å². The third-order valence-corrected chi connectivity index (χ3v) is 4.66. The summed E-state index contributed by atoms with van der Waals surface area (Å²) in [6.45, 7) is 7.34. The number of likely N-dealkylation sites (tertiary alicyclic amines) is 1. The summed E-state index contributed by atoms with van der Waals surface area (Å²) in [6, 6.07) is 0. The molecule has 2 aliphatic heterocycles. The number of rotatable bonds is 5. The molecular formula is C17H28N4O2. The summed E-state index contributed by atoms with van der Waals surface area (Å²) >= 11 is 0. The number of hydrogen-bond acceptors (Lipinski definition) is 6. The lowest BCUT2D eigenvalue weighted by Gasteiger charge is -2.34. The van der Waals surface area contributed by atoms with Crippen LogP contribution in [0.2, 0.25) is 0 Å². The SMILES string of the molecule is CCCc1cncnc1N1CCOC[C@@](O)(CN2CCCC2)C1. The van der Waals surface area contributed by atoms with Crippen molar-refractivity contribution in [3.05, 3.63) is 18.1 Å². The van der Waals surface area contributed by atoms with Crippen LogP contribution in [0.5, 0.6) is 0 Å². The minimum atomic E-state index is -0.838. The fraction of sp³-hybridized carbons (Fsp3) is 0.765. The van der Waals surface area contributed by atoms with Crippen molar-refractivity contribution in [3.63, 3.8) is 0 Å². The van der Waals surface area contributed by atoms with Gasteiger partial charge in [0.2, 0.25) is 0 Å². The van der Waals surface area contributed by atoms with Gasteiger partial charge in [0.25, 0.3) is 0 Å². The van der Waals surface area contributed by atoms with E-state index in [-0.39, 0.29) is 0 Å². The second-order valence-electron chi connectivity index (χ2n) is 6.80. The fourth-order valence-electron chi connectivity index (χ4n) is 3.63. The molecule has 0 bridgehead atoms. The molecule has 0 aliphatic carbocycles. The summed E-state index contributed by atoms with van der Waals surface area (Å²) < 4.78 is 5.71. The molecule has 3 heterocycles. The molecule has 6 nitrogen and oxygen atoms in total. The molecule has 0 saturated carbocycles. The van der Waals surface area contributed by atoms with E-state index in [0.717, 1.165) is 43.9 Å². The summed E-state index contributed by atoms with van der Waals surface area (Å²) in [4.78, 5) is 13.2. The Bertz CT molecular complexity index is 507. The van der Waals surface area contributed by atoms with Crippen LogP contribution in [0.3, 0.4) is 0 Å². The van der Waals surface area contributed by atoms with Crippen molar-refractivity contribution in [1.29, 1.82) is 0 Å². The molecule has 3 rings (SSSR count). The number of anilines is 1. The molecule has 0 spiro atoms. The van der Waals surface area contributed by atoms with Gasteiger partial charge >= 0.3 is 0 Å². The van der Waals surface area contributed by atoms with E-state index in [1.54, 1.807) is 6.33 Å². The van der Waals surface area contributed by atoms with Gasteiger partial charge < -0.3 is 19.6 Å². The molecule has 0 aromatic carbocycles. The van der Waals surface area contributed by atoms with Crippen molar-refractivity contribution in [2.75, 3.05) is 50.8 Å². The Balaban J connectivity index is 1.76. The molecule has 1 aromatic rings. The number of aryl methyl sites for hydroxylation is 1. The molecule has 0 unspecified atom stereocenters. The first kappa shape index (κ1) is 16.6. The highest BCUT2D eigenvalue weighted by molar-refractivity contribution is 5.46. The Morgan fingerprint density at radius 1 is 1.30 bits per heavy atom. The molecule has 1 atom stereocenters. The van der Waals surface area contributed by atoms with E-state index in [9.17, 15) is 5.11 Å². The second kappa shape index (κ2) is 7.55. The summed E-state index contributed by atoms with van der Waals surface area (Å²) in [6.07, 6.45) is 7.97. The maximum absolute atomic E-state index is 11.1. The van der Waals surface area contributed by atoms with E-state index < -0.39 is 5.60 Å². The number of nitrogens with zero attached hydrogens (tertiary/aromatic N) is 4. The largest absolute Gasteiger partial charge is 0.384 e. The molecule has 0 radical (unpaired) electrons. The maximum Gasteiger partial charge on any atom is 0.135 e. The number of hydrogen-bond donors (Lipinski definition) is 1. The lowest BCUT2D eigenvalue weighted by molar-refractivity contribution is -0.0439. The first-order chi connectivity index (χ1) is 11.2. The third kappa shape index (κ3) is 4.19. The van der Waals surface area contributed by atoms with Gasteiger partial charge in [0.05, 0.1) is 19.8 Å². The third-order valence-electron chi connectivity index (χ3n) is 4.66. The monoisotopic (exact) mass is 320 g/mol. The Morgan fingerprint density at radius 3 is 2.91 bits per heavy atom. The Kier molecular flexibility index (Phi) is 5.46. The first-order valence-corrected chi connectivity index (χ1v) is 8.76. The summed E-state index contributed by atoms with van der Waals surface area (Å²) in [5.41, 5.74) is 0.315.